The van der Waals surface area contributed by atoms with Crippen LogP contribution in [0.3, 0.4) is 0 Å². The third kappa shape index (κ3) is 2.07. The molecule has 3 rings (SSSR count). The van der Waals surface area contributed by atoms with Crippen LogP contribution in [0, 0.1) is 13.8 Å². The van der Waals surface area contributed by atoms with E-state index in [2.05, 4.69) is 0 Å². The van der Waals surface area contributed by atoms with Gasteiger partial charge in [0.2, 0.25) is 0 Å². The van der Waals surface area contributed by atoms with E-state index < -0.39 is 0 Å². The zero-order valence-electron chi connectivity index (χ0n) is 12.0. The van der Waals surface area contributed by atoms with E-state index in [0.717, 1.165) is 5.56 Å². The standard InChI is InChI=1S/C17H14O5/c1-8-5-13(20)15-14(6-8)22-17(9(2)16(15)21)10-3-4-11(18)12(19)7-10/h3-7,18-20H,1-2H3. The lowest BCUT2D eigenvalue weighted by Crippen LogP contribution is -2.07. The Morgan fingerprint density at radius 1 is 0.909 bits per heavy atom. The van der Waals surface area contributed by atoms with Gasteiger partial charge >= 0.3 is 0 Å². The van der Waals surface area contributed by atoms with Crippen molar-refractivity contribution in [2.45, 2.75) is 13.8 Å². The quantitative estimate of drug-likeness (QED) is 0.600. The van der Waals surface area contributed by atoms with Crippen LogP contribution in [-0.2, 0) is 0 Å². The molecule has 5 heteroatoms. The van der Waals surface area contributed by atoms with Gasteiger partial charge in [-0.05, 0) is 49.7 Å². The van der Waals surface area contributed by atoms with Crippen molar-refractivity contribution in [2.75, 3.05) is 0 Å². The van der Waals surface area contributed by atoms with Crippen LogP contribution in [0.4, 0.5) is 0 Å². The Kier molecular flexibility index (Phi) is 3.06. The lowest BCUT2D eigenvalue weighted by Gasteiger charge is -2.09. The van der Waals surface area contributed by atoms with Gasteiger partial charge in [0.05, 0.1) is 0 Å². The number of aryl methyl sites for hydroxylation is 1. The van der Waals surface area contributed by atoms with Gasteiger partial charge in [0.25, 0.3) is 0 Å². The first-order valence-electron chi connectivity index (χ1n) is 6.68. The van der Waals surface area contributed by atoms with Gasteiger partial charge in [0.15, 0.2) is 16.9 Å². The molecule has 0 saturated carbocycles. The van der Waals surface area contributed by atoms with Crippen LogP contribution in [0.1, 0.15) is 11.1 Å². The zero-order chi connectivity index (χ0) is 16.0. The van der Waals surface area contributed by atoms with Crippen LogP contribution >= 0.6 is 0 Å². The molecule has 0 amide bonds. The summed E-state index contributed by atoms with van der Waals surface area (Å²) in [7, 11) is 0. The fourth-order valence-electron chi connectivity index (χ4n) is 2.46. The lowest BCUT2D eigenvalue weighted by molar-refractivity contribution is 0.404. The van der Waals surface area contributed by atoms with Gasteiger partial charge in [-0.2, -0.15) is 0 Å². The normalized spacial score (nSPS) is 11.0. The smallest absolute Gasteiger partial charge is 0.199 e. The molecule has 0 fully saturated rings. The molecule has 5 nitrogen and oxygen atoms in total. The topological polar surface area (TPSA) is 90.9 Å². The van der Waals surface area contributed by atoms with Gasteiger partial charge in [0, 0.05) is 11.1 Å². The van der Waals surface area contributed by atoms with Crippen LogP contribution in [0.5, 0.6) is 17.2 Å². The number of hydrogen-bond donors (Lipinski definition) is 3. The van der Waals surface area contributed by atoms with Crippen molar-refractivity contribution in [3.05, 3.63) is 51.7 Å². The lowest BCUT2D eigenvalue weighted by atomic mass is 10.0. The molecule has 3 N–H and O–H groups in total. The fraction of sp³-hybridized carbons (Fsp3) is 0.118. The summed E-state index contributed by atoms with van der Waals surface area (Å²) in [6.07, 6.45) is 0. The number of rotatable bonds is 1. The minimum Gasteiger partial charge on any atom is -0.507 e. The molecule has 0 spiro atoms. The van der Waals surface area contributed by atoms with Crippen molar-refractivity contribution >= 4 is 11.0 Å². The molecule has 0 bridgehead atoms. The highest BCUT2D eigenvalue weighted by atomic mass is 16.3. The summed E-state index contributed by atoms with van der Waals surface area (Å²) >= 11 is 0. The number of aromatic hydroxyl groups is 3. The Hall–Kier alpha value is -2.95. The number of phenolic OH excluding ortho intramolecular Hbond substituents is 3. The van der Waals surface area contributed by atoms with Crippen LogP contribution in [0.25, 0.3) is 22.3 Å². The van der Waals surface area contributed by atoms with E-state index in [1.165, 1.54) is 18.2 Å². The molecule has 0 atom stereocenters. The summed E-state index contributed by atoms with van der Waals surface area (Å²) in [5.74, 6) is -0.380. The monoisotopic (exact) mass is 298 g/mol. The van der Waals surface area contributed by atoms with Crippen molar-refractivity contribution in [1.82, 2.24) is 0 Å². The first kappa shape index (κ1) is 14.0. The Balaban J connectivity index is 2.38. The van der Waals surface area contributed by atoms with Crippen molar-refractivity contribution in [3.8, 4) is 28.6 Å². The van der Waals surface area contributed by atoms with Gasteiger partial charge < -0.3 is 19.7 Å². The Bertz CT molecular complexity index is 953. The maximum absolute atomic E-state index is 12.5. The van der Waals surface area contributed by atoms with Gasteiger partial charge in [-0.25, -0.2) is 0 Å². The number of phenols is 3. The largest absolute Gasteiger partial charge is 0.507 e. The molecule has 112 valence electrons. The molecule has 3 aromatic rings. The van der Waals surface area contributed by atoms with Crippen molar-refractivity contribution < 1.29 is 19.7 Å². The van der Waals surface area contributed by atoms with Gasteiger partial charge in [-0.1, -0.05) is 0 Å². The summed E-state index contributed by atoms with van der Waals surface area (Å²) in [6, 6.07) is 7.36. The second kappa shape index (κ2) is 4.80. The van der Waals surface area contributed by atoms with E-state index >= 15 is 0 Å². The number of hydrogen-bond acceptors (Lipinski definition) is 5. The Labute approximate surface area is 125 Å². The van der Waals surface area contributed by atoms with Gasteiger partial charge in [0.1, 0.15) is 22.5 Å². The third-order valence-electron chi connectivity index (χ3n) is 3.58. The van der Waals surface area contributed by atoms with Crippen LogP contribution in [-0.4, -0.2) is 15.3 Å². The molecule has 2 aromatic carbocycles. The summed E-state index contributed by atoms with van der Waals surface area (Å²) < 4.78 is 5.76. The van der Waals surface area contributed by atoms with Gasteiger partial charge in [-0.15, -0.1) is 0 Å². The van der Waals surface area contributed by atoms with E-state index in [1.807, 2.05) is 0 Å². The second-order valence-corrected chi connectivity index (χ2v) is 5.25. The molecular weight excluding hydrogens is 284 g/mol. The van der Waals surface area contributed by atoms with Crippen molar-refractivity contribution in [2.24, 2.45) is 0 Å². The molecule has 0 radical (unpaired) electrons. The first-order chi connectivity index (χ1) is 10.4. The zero-order valence-corrected chi connectivity index (χ0v) is 12.0. The minimum absolute atomic E-state index is 0.119. The highest BCUT2D eigenvalue weighted by molar-refractivity contribution is 5.86. The minimum atomic E-state index is -0.332. The van der Waals surface area contributed by atoms with Crippen LogP contribution in [0.2, 0.25) is 0 Å². The highest BCUT2D eigenvalue weighted by Gasteiger charge is 2.16. The van der Waals surface area contributed by atoms with E-state index in [4.69, 9.17) is 4.42 Å². The Morgan fingerprint density at radius 2 is 1.64 bits per heavy atom. The molecule has 1 heterocycles. The average Bonchev–Trinajstić information content (AvgIpc) is 2.45. The molecule has 0 aliphatic carbocycles. The second-order valence-electron chi connectivity index (χ2n) is 5.25. The highest BCUT2D eigenvalue weighted by Crippen LogP contribution is 2.34. The third-order valence-corrected chi connectivity index (χ3v) is 3.58. The average molecular weight is 298 g/mol. The number of fused-ring (bicyclic) bond motifs is 1. The van der Waals surface area contributed by atoms with Crippen molar-refractivity contribution in [3.63, 3.8) is 0 Å². The summed E-state index contributed by atoms with van der Waals surface area (Å²) in [5, 5.41) is 29.1. The SMILES string of the molecule is Cc1cc(O)c2c(=O)c(C)c(-c3ccc(O)c(O)c3)oc2c1. The fourth-order valence-corrected chi connectivity index (χ4v) is 2.46. The maximum Gasteiger partial charge on any atom is 0.199 e. The first-order valence-corrected chi connectivity index (χ1v) is 6.68. The van der Waals surface area contributed by atoms with Crippen LogP contribution in [0.15, 0.2) is 39.5 Å². The van der Waals surface area contributed by atoms with Crippen LogP contribution < -0.4 is 5.43 Å². The molecular formula is C17H14O5. The Morgan fingerprint density at radius 3 is 2.32 bits per heavy atom. The maximum atomic E-state index is 12.5. The van der Waals surface area contributed by atoms with Gasteiger partial charge in [-0.3, -0.25) is 4.79 Å². The predicted octanol–water partition coefficient (Wildman–Crippen LogP) is 3.19. The number of benzene rings is 2. The van der Waals surface area contributed by atoms with Crippen molar-refractivity contribution in [1.29, 1.82) is 0 Å². The molecule has 22 heavy (non-hydrogen) atoms. The summed E-state index contributed by atoms with van der Waals surface area (Å²) in [5.41, 5.74) is 1.48. The molecule has 0 unspecified atom stereocenters. The van der Waals surface area contributed by atoms with E-state index in [0.29, 0.717) is 11.1 Å². The molecule has 0 saturated heterocycles. The predicted molar refractivity (Wildman–Crippen MR) is 82.4 cm³/mol. The summed E-state index contributed by atoms with van der Waals surface area (Å²) in [6.45, 7) is 3.37. The molecule has 0 aliphatic heterocycles. The van der Waals surface area contributed by atoms with E-state index in [9.17, 15) is 20.1 Å². The molecule has 0 aliphatic rings. The van der Waals surface area contributed by atoms with E-state index in [1.54, 1.807) is 26.0 Å². The van der Waals surface area contributed by atoms with E-state index in [-0.39, 0.29) is 39.4 Å². The summed E-state index contributed by atoms with van der Waals surface area (Å²) in [4.78, 5) is 12.5. The molecule has 1 aromatic heterocycles.